The number of nitrogens with one attached hydrogen (secondary N) is 1. The lowest BCUT2D eigenvalue weighted by Crippen LogP contribution is -2.52. The van der Waals surface area contributed by atoms with Crippen molar-refractivity contribution in [1.29, 1.82) is 0 Å². The highest BCUT2D eigenvalue weighted by atomic mass is 35.5. The Labute approximate surface area is 190 Å². The number of rotatable bonds is 6. The van der Waals surface area contributed by atoms with Gasteiger partial charge in [-0.25, -0.2) is 0 Å². The summed E-state index contributed by atoms with van der Waals surface area (Å²) >= 11 is 5.99. The van der Waals surface area contributed by atoms with Crippen LogP contribution in [0.1, 0.15) is 41.8 Å². The maximum absolute atomic E-state index is 13.3. The average Bonchev–Trinajstić information content (AvgIpc) is 2.99. The molecule has 0 aromatic heterocycles. The van der Waals surface area contributed by atoms with E-state index in [0.717, 1.165) is 36.6 Å². The molecule has 1 aliphatic rings. The molecule has 2 aromatic carbocycles. The fraction of sp³-hybridized carbons (Fsp3) is 0.440. The standard InChI is InChI=1S/C25H32ClN3O2/c1-18(2)23(27-24(30)22-8-5-4-7-19(22)3)25(31)29-14-6-13-28(15-16-29)17-20-9-11-21(26)12-10-20/h4-5,7-12,18,23H,6,13-17H2,1-3H3,(H,27,30). The molecule has 166 valence electrons. The zero-order chi connectivity index (χ0) is 22.4. The van der Waals surface area contributed by atoms with Crippen LogP contribution in [0.25, 0.3) is 0 Å². The van der Waals surface area contributed by atoms with Crippen LogP contribution in [-0.4, -0.2) is 53.8 Å². The van der Waals surface area contributed by atoms with E-state index in [2.05, 4.69) is 10.2 Å². The van der Waals surface area contributed by atoms with E-state index in [1.807, 2.05) is 68.1 Å². The fourth-order valence-corrected chi connectivity index (χ4v) is 4.08. The van der Waals surface area contributed by atoms with E-state index in [-0.39, 0.29) is 17.7 Å². The Morgan fingerprint density at radius 2 is 1.71 bits per heavy atom. The van der Waals surface area contributed by atoms with Crippen LogP contribution in [0.3, 0.4) is 0 Å². The highest BCUT2D eigenvalue weighted by Crippen LogP contribution is 2.15. The Balaban J connectivity index is 1.62. The van der Waals surface area contributed by atoms with E-state index in [4.69, 9.17) is 11.6 Å². The molecule has 5 nitrogen and oxygen atoms in total. The predicted molar refractivity (Wildman–Crippen MR) is 125 cm³/mol. The Kier molecular flexibility index (Phi) is 8.10. The number of amides is 2. The number of nitrogens with zero attached hydrogens (tertiary/aromatic N) is 2. The van der Waals surface area contributed by atoms with E-state index in [1.165, 1.54) is 5.56 Å². The molecule has 0 saturated carbocycles. The van der Waals surface area contributed by atoms with E-state index in [1.54, 1.807) is 6.07 Å². The van der Waals surface area contributed by atoms with Gasteiger partial charge in [-0.05, 0) is 48.6 Å². The normalized spacial score (nSPS) is 16.1. The maximum Gasteiger partial charge on any atom is 0.252 e. The van der Waals surface area contributed by atoms with Gasteiger partial charge in [-0.1, -0.05) is 55.8 Å². The monoisotopic (exact) mass is 441 g/mol. The summed E-state index contributed by atoms with van der Waals surface area (Å²) in [5.74, 6) is -0.177. The minimum Gasteiger partial charge on any atom is -0.340 e. The number of aryl methyl sites for hydroxylation is 1. The first-order chi connectivity index (χ1) is 14.8. The summed E-state index contributed by atoms with van der Waals surface area (Å²) in [4.78, 5) is 30.4. The van der Waals surface area contributed by atoms with Crippen LogP contribution in [0.5, 0.6) is 0 Å². The lowest BCUT2D eigenvalue weighted by Gasteiger charge is -2.29. The molecule has 1 aliphatic heterocycles. The molecular weight excluding hydrogens is 410 g/mol. The summed E-state index contributed by atoms with van der Waals surface area (Å²) in [5.41, 5.74) is 2.74. The minimum atomic E-state index is -0.532. The molecule has 1 unspecified atom stereocenters. The second kappa shape index (κ2) is 10.8. The predicted octanol–water partition coefficient (Wildman–Crippen LogP) is 4.14. The van der Waals surface area contributed by atoms with Crippen LogP contribution in [-0.2, 0) is 11.3 Å². The van der Waals surface area contributed by atoms with Crippen LogP contribution in [0.2, 0.25) is 5.02 Å². The van der Waals surface area contributed by atoms with Gasteiger partial charge in [0, 0.05) is 43.3 Å². The lowest BCUT2D eigenvalue weighted by molar-refractivity contribution is -0.134. The van der Waals surface area contributed by atoms with Gasteiger partial charge in [0.2, 0.25) is 5.91 Å². The number of hydrogen-bond acceptors (Lipinski definition) is 3. The molecule has 1 fully saturated rings. The van der Waals surface area contributed by atoms with Gasteiger partial charge in [0.15, 0.2) is 0 Å². The Morgan fingerprint density at radius 3 is 2.39 bits per heavy atom. The second-order valence-electron chi connectivity index (χ2n) is 8.59. The molecule has 0 spiro atoms. The van der Waals surface area contributed by atoms with Gasteiger partial charge in [0.25, 0.3) is 5.91 Å². The first-order valence-electron chi connectivity index (χ1n) is 11.0. The van der Waals surface area contributed by atoms with Crippen molar-refractivity contribution in [2.24, 2.45) is 5.92 Å². The van der Waals surface area contributed by atoms with Crippen LogP contribution in [0.4, 0.5) is 0 Å². The maximum atomic E-state index is 13.3. The van der Waals surface area contributed by atoms with Crippen molar-refractivity contribution in [1.82, 2.24) is 15.1 Å². The van der Waals surface area contributed by atoms with E-state index >= 15 is 0 Å². The van der Waals surface area contributed by atoms with Crippen molar-refractivity contribution >= 4 is 23.4 Å². The van der Waals surface area contributed by atoms with Crippen molar-refractivity contribution in [3.8, 4) is 0 Å². The third kappa shape index (κ3) is 6.31. The van der Waals surface area contributed by atoms with Gasteiger partial charge in [-0.15, -0.1) is 0 Å². The third-order valence-corrected chi connectivity index (χ3v) is 6.08. The molecule has 1 heterocycles. The van der Waals surface area contributed by atoms with Gasteiger partial charge in [0.1, 0.15) is 6.04 Å². The smallest absolute Gasteiger partial charge is 0.252 e. The van der Waals surface area contributed by atoms with Crippen LogP contribution in [0, 0.1) is 12.8 Å². The largest absolute Gasteiger partial charge is 0.340 e. The first-order valence-corrected chi connectivity index (χ1v) is 11.3. The summed E-state index contributed by atoms with van der Waals surface area (Å²) in [5, 5.41) is 3.73. The first kappa shape index (κ1) is 23.3. The Bertz CT molecular complexity index is 898. The van der Waals surface area contributed by atoms with Crippen molar-refractivity contribution in [3.05, 3.63) is 70.2 Å². The molecule has 3 rings (SSSR count). The van der Waals surface area contributed by atoms with Crippen molar-refractivity contribution in [2.75, 3.05) is 26.2 Å². The molecule has 1 saturated heterocycles. The van der Waals surface area contributed by atoms with E-state index in [0.29, 0.717) is 18.7 Å². The van der Waals surface area contributed by atoms with Crippen LogP contribution >= 0.6 is 11.6 Å². The molecule has 0 aliphatic carbocycles. The van der Waals surface area contributed by atoms with Crippen LogP contribution < -0.4 is 5.32 Å². The van der Waals surface area contributed by atoms with Gasteiger partial charge in [-0.2, -0.15) is 0 Å². The van der Waals surface area contributed by atoms with Crippen molar-refractivity contribution in [2.45, 2.75) is 39.8 Å². The average molecular weight is 442 g/mol. The highest BCUT2D eigenvalue weighted by molar-refractivity contribution is 6.30. The summed E-state index contributed by atoms with van der Waals surface area (Å²) in [6.45, 7) is 9.83. The molecule has 0 radical (unpaired) electrons. The number of carbonyl (C=O) groups is 2. The molecule has 1 atom stereocenters. The number of carbonyl (C=O) groups excluding carboxylic acids is 2. The van der Waals surface area contributed by atoms with Gasteiger partial charge >= 0.3 is 0 Å². The lowest BCUT2D eigenvalue weighted by atomic mass is 10.0. The number of halogens is 1. The molecule has 6 heteroatoms. The minimum absolute atomic E-state index is 0.00489. The van der Waals surface area contributed by atoms with Crippen molar-refractivity contribution < 1.29 is 9.59 Å². The Morgan fingerprint density at radius 1 is 1.00 bits per heavy atom. The molecule has 0 bridgehead atoms. The van der Waals surface area contributed by atoms with E-state index in [9.17, 15) is 9.59 Å². The summed E-state index contributed by atoms with van der Waals surface area (Å²) in [6, 6.07) is 14.8. The summed E-state index contributed by atoms with van der Waals surface area (Å²) < 4.78 is 0. The molecule has 1 N–H and O–H groups in total. The molecular formula is C25H32ClN3O2. The molecule has 31 heavy (non-hydrogen) atoms. The fourth-order valence-electron chi connectivity index (χ4n) is 3.95. The topological polar surface area (TPSA) is 52.7 Å². The zero-order valence-corrected chi connectivity index (χ0v) is 19.4. The summed E-state index contributed by atoms with van der Waals surface area (Å²) in [7, 11) is 0. The van der Waals surface area contributed by atoms with Gasteiger partial charge in [0.05, 0.1) is 0 Å². The Hall–Kier alpha value is -2.37. The highest BCUT2D eigenvalue weighted by Gasteiger charge is 2.30. The number of hydrogen-bond donors (Lipinski definition) is 1. The SMILES string of the molecule is Cc1ccccc1C(=O)NC(C(=O)N1CCCN(Cc2ccc(Cl)cc2)CC1)C(C)C. The van der Waals surface area contributed by atoms with Crippen LogP contribution in [0.15, 0.2) is 48.5 Å². The quantitative estimate of drug-likeness (QED) is 0.733. The second-order valence-corrected chi connectivity index (χ2v) is 9.03. The summed E-state index contributed by atoms with van der Waals surface area (Å²) in [6.07, 6.45) is 0.913. The van der Waals surface area contributed by atoms with Gasteiger partial charge < -0.3 is 10.2 Å². The molecule has 2 amide bonds. The van der Waals surface area contributed by atoms with Gasteiger partial charge in [-0.3, -0.25) is 14.5 Å². The third-order valence-electron chi connectivity index (χ3n) is 5.83. The van der Waals surface area contributed by atoms with Crippen molar-refractivity contribution in [3.63, 3.8) is 0 Å². The number of benzene rings is 2. The molecule has 2 aromatic rings. The van der Waals surface area contributed by atoms with E-state index < -0.39 is 6.04 Å². The zero-order valence-electron chi connectivity index (χ0n) is 18.6.